The van der Waals surface area contributed by atoms with Crippen LogP contribution in [0.4, 0.5) is 11.4 Å². The molecule has 0 bridgehead atoms. The van der Waals surface area contributed by atoms with Crippen LogP contribution in [-0.2, 0) is 12.8 Å². The Labute approximate surface area is 123 Å². The number of aryl methyl sites for hydroxylation is 1. The lowest BCUT2D eigenvalue weighted by Gasteiger charge is -2.10. The maximum atomic E-state index is 5.95. The summed E-state index contributed by atoms with van der Waals surface area (Å²) in [6.07, 6.45) is 2.09. The van der Waals surface area contributed by atoms with Gasteiger partial charge in [0, 0.05) is 11.0 Å². The van der Waals surface area contributed by atoms with Gasteiger partial charge in [-0.2, -0.15) is 0 Å². The Morgan fingerprint density at radius 1 is 1.05 bits per heavy atom. The van der Waals surface area contributed by atoms with Crippen LogP contribution in [0.25, 0.3) is 0 Å². The van der Waals surface area contributed by atoms with Gasteiger partial charge in [0.1, 0.15) is 0 Å². The molecule has 0 amide bonds. The molecule has 0 heterocycles. The smallest absolute Gasteiger partial charge is 0.0574 e. The predicted octanol–water partition coefficient (Wildman–Crippen LogP) is 4.25. The van der Waals surface area contributed by atoms with E-state index < -0.39 is 0 Å². The first-order valence-electron chi connectivity index (χ1n) is 6.55. The molecule has 0 aliphatic heterocycles. The first-order valence-corrected chi connectivity index (χ1v) is 7.35. The zero-order chi connectivity index (χ0) is 13.7. The normalized spacial score (nSPS) is 10.4. The van der Waals surface area contributed by atoms with Crippen LogP contribution in [0, 0.1) is 0 Å². The molecule has 0 atom stereocenters. The SMILES string of the molecule is CCc1ccc(CCNc2ccc(Br)cc2N)cc1. The molecule has 0 radical (unpaired) electrons. The molecule has 100 valence electrons. The fraction of sp³-hybridized carbons (Fsp3) is 0.250. The molecule has 2 rings (SSSR count). The van der Waals surface area contributed by atoms with Crippen molar-refractivity contribution in [1.82, 2.24) is 0 Å². The molecule has 0 aliphatic rings. The third-order valence-electron chi connectivity index (χ3n) is 3.17. The van der Waals surface area contributed by atoms with Crippen LogP contribution in [-0.4, -0.2) is 6.54 Å². The lowest BCUT2D eigenvalue weighted by atomic mass is 10.1. The van der Waals surface area contributed by atoms with E-state index in [2.05, 4.69) is 52.4 Å². The summed E-state index contributed by atoms with van der Waals surface area (Å²) in [5, 5.41) is 3.37. The van der Waals surface area contributed by atoms with E-state index in [0.717, 1.165) is 35.2 Å². The number of hydrogen-bond donors (Lipinski definition) is 2. The van der Waals surface area contributed by atoms with Gasteiger partial charge in [0.25, 0.3) is 0 Å². The highest BCUT2D eigenvalue weighted by molar-refractivity contribution is 9.10. The average Bonchev–Trinajstić information content (AvgIpc) is 2.42. The van der Waals surface area contributed by atoms with E-state index in [0.29, 0.717) is 0 Å². The van der Waals surface area contributed by atoms with Crippen molar-refractivity contribution in [3.8, 4) is 0 Å². The third-order valence-corrected chi connectivity index (χ3v) is 3.67. The maximum absolute atomic E-state index is 5.95. The van der Waals surface area contributed by atoms with E-state index in [1.165, 1.54) is 11.1 Å². The number of rotatable bonds is 5. The second-order valence-electron chi connectivity index (χ2n) is 4.58. The van der Waals surface area contributed by atoms with Crippen LogP contribution in [0.2, 0.25) is 0 Å². The summed E-state index contributed by atoms with van der Waals surface area (Å²) in [7, 11) is 0. The molecule has 0 fully saturated rings. The second-order valence-corrected chi connectivity index (χ2v) is 5.49. The number of nitrogens with two attached hydrogens (primary N) is 1. The standard InChI is InChI=1S/C16H19BrN2/c1-2-12-3-5-13(6-4-12)9-10-19-16-8-7-14(17)11-15(16)18/h3-8,11,19H,2,9-10,18H2,1H3. The Morgan fingerprint density at radius 3 is 2.37 bits per heavy atom. The van der Waals surface area contributed by atoms with Gasteiger partial charge in [-0.05, 0) is 42.2 Å². The zero-order valence-electron chi connectivity index (χ0n) is 11.1. The van der Waals surface area contributed by atoms with Gasteiger partial charge in [-0.3, -0.25) is 0 Å². The first kappa shape index (κ1) is 13.9. The van der Waals surface area contributed by atoms with E-state index >= 15 is 0 Å². The minimum atomic E-state index is 0.774. The number of hydrogen-bond acceptors (Lipinski definition) is 2. The predicted molar refractivity (Wildman–Crippen MR) is 86.6 cm³/mol. The molecule has 2 nitrogen and oxygen atoms in total. The summed E-state index contributed by atoms with van der Waals surface area (Å²) < 4.78 is 1.01. The molecular weight excluding hydrogens is 300 g/mol. The second kappa shape index (κ2) is 6.62. The summed E-state index contributed by atoms with van der Waals surface area (Å²) in [6, 6.07) is 14.7. The molecular formula is C16H19BrN2. The van der Waals surface area contributed by atoms with Crippen molar-refractivity contribution in [2.45, 2.75) is 19.8 Å². The lowest BCUT2D eigenvalue weighted by molar-refractivity contribution is 1.01. The van der Waals surface area contributed by atoms with Crippen molar-refractivity contribution < 1.29 is 0 Å². The van der Waals surface area contributed by atoms with Gasteiger partial charge in [-0.1, -0.05) is 47.1 Å². The topological polar surface area (TPSA) is 38.0 Å². The Morgan fingerprint density at radius 2 is 1.74 bits per heavy atom. The fourth-order valence-electron chi connectivity index (χ4n) is 1.98. The van der Waals surface area contributed by atoms with Gasteiger partial charge in [0.15, 0.2) is 0 Å². The van der Waals surface area contributed by atoms with Crippen LogP contribution in [0.1, 0.15) is 18.1 Å². The third kappa shape index (κ3) is 4.00. The first-order chi connectivity index (χ1) is 9.19. The molecule has 0 saturated carbocycles. The van der Waals surface area contributed by atoms with Gasteiger partial charge >= 0.3 is 0 Å². The zero-order valence-corrected chi connectivity index (χ0v) is 12.7. The minimum Gasteiger partial charge on any atom is -0.397 e. The highest BCUT2D eigenvalue weighted by Gasteiger charge is 1.99. The fourth-order valence-corrected chi connectivity index (χ4v) is 2.36. The van der Waals surface area contributed by atoms with Crippen molar-refractivity contribution in [2.75, 3.05) is 17.6 Å². The van der Waals surface area contributed by atoms with Gasteiger partial charge in [0.2, 0.25) is 0 Å². The maximum Gasteiger partial charge on any atom is 0.0574 e. The van der Waals surface area contributed by atoms with E-state index in [1.54, 1.807) is 0 Å². The molecule has 19 heavy (non-hydrogen) atoms. The number of benzene rings is 2. The quantitative estimate of drug-likeness (QED) is 0.809. The van der Waals surface area contributed by atoms with Gasteiger partial charge in [-0.15, -0.1) is 0 Å². The van der Waals surface area contributed by atoms with E-state index in [1.807, 2.05) is 18.2 Å². The summed E-state index contributed by atoms with van der Waals surface area (Å²) in [5.41, 5.74) is 10.4. The van der Waals surface area contributed by atoms with Gasteiger partial charge < -0.3 is 11.1 Å². The number of nitrogens with one attached hydrogen (secondary N) is 1. The summed E-state index contributed by atoms with van der Waals surface area (Å²) in [4.78, 5) is 0. The van der Waals surface area contributed by atoms with Crippen LogP contribution < -0.4 is 11.1 Å². The molecule has 2 aromatic carbocycles. The van der Waals surface area contributed by atoms with E-state index in [4.69, 9.17) is 5.73 Å². The molecule has 3 heteroatoms. The number of halogens is 1. The Bertz CT molecular complexity index is 535. The average molecular weight is 319 g/mol. The highest BCUT2D eigenvalue weighted by atomic mass is 79.9. The molecule has 0 aliphatic carbocycles. The molecule has 3 N–H and O–H groups in total. The van der Waals surface area contributed by atoms with Crippen molar-refractivity contribution in [2.24, 2.45) is 0 Å². The van der Waals surface area contributed by atoms with Crippen LogP contribution in [0.15, 0.2) is 46.9 Å². The minimum absolute atomic E-state index is 0.774. The van der Waals surface area contributed by atoms with Gasteiger partial charge in [-0.25, -0.2) is 0 Å². The number of nitrogen functional groups attached to an aromatic ring is 1. The van der Waals surface area contributed by atoms with Crippen LogP contribution in [0.3, 0.4) is 0 Å². The monoisotopic (exact) mass is 318 g/mol. The van der Waals surface area contributed by atoms with Crippen molar-refractivity contribution in [1.29, 1.82) is 0 Å². The van der Waals surface area contributed by atoms with E-state index in [9.17, 15) is 0 Å². The molecule has 0 unspecified atom stereocenters. The highest BCUT2D eigenvalue weighted by Crippen LogP contribution is 2.22. The Balaban J connectivity index is 1.88. The summed E-state index contributed by atoms with van der Waals surface area (Å²) in [6.45, 7) is 3.06. The van der Waals surface area contributed by atoms with Crippen LogP contribution in [0.5, 0.6) is 0 Å². The summed E-state index contributed by atoms with van der Waals surface area (Å²) >= 11 is 3.41. The Hall–Kier alpha value is -1.48. The summed E-state index contributed by atoms with van der Waals surface area (Å²) in [5.74, 6) is 0. The molecule has 0 saturated heterocycles. The van der Waals surface area contributed by atoms with Crippen molar-refractivity contribution in [3.05, 3.63) is 58.1 Å². The molecule has 0 spiro atoms. The Kier molecular flexibility index (Phi) is 4.86. The lowest BCUT2D eigenvalue weighted by Crippen LogP contribution is -2.06. The molecule has 2 aromatic rings. The largest absolute Gasteiger partial charge is 0.397 e. The number of anilines is 2. The van der Waals surface area contributed by atoms with E-state index in [-0.39, 0.29) is 0 Å². The van der Waals surface area contributed by atoms with Gasteiger partial charge in [0.05, 0.1) is 11.4 Å². The van der Waals surface area contributed by atoms with Crippen molar-refractivity contribution >= 4 is 27.3 Å². The van der Waals surface area contributed by atoms with Crippen molar-refractivity contribution in [3.63, 3.8) is 0 Å². The van der Waals surface area contributed by atoms with Crippen LogP contribution >= 0.6 is 15.9 Å². The molecule has 0 aromatic heterocycles.